The van der Waals surface area contributed by atoms with Crippen molar-refractivity contribution in [3.05, 3.63) is 82.7 Å². The van der Waals surface area contributed by atoms with E-state index in [-0.39, 0.29) is 18.4 Å². The lowest BCUT2D eigenvalue weighted by Crippen LogP contribution is -2.36. The highest BCUT2D eigenvalue weighted by atomic mass is 35.5. The van der Waals surface area contributed by atoms with E-state index in [0.717, 1.165) is 36.8 Å². The summed E-state index contributed by atoms with van der Waals surface area (Å²) in [5, 5.41) is 0. The maximum atomic E-state index is 5.65. The molecule has 0 N–H and O–H groups in total. The number of ether oxygens (including phenoxy) is 3. The van der Waals surface area contributed by atoms with Gasteiger partial charge in [0.05, 0.1) is 27.4 Å². The Morgan fingerprint density at radius 3 is 2.26 bits per heavy atom. The van der Waals surface area contributed by atoms with Crippen molar-refractivity contribution in [2.24, 2.45) is 0 Å². The number of pyridine rings is 1. The SMILES string of the molecule is COc1ccc(C)cc1CN1CCc2cc(OC)c(OC)cc2C1c1ccncc1.Cl. The molecule has 4 rings (SSSR count). The van der Waals surface area contributed by atoms with Gasteiger partial charge in [-0.05, 0) is 60.4 Å². The lowest BCUT2D eigenvalue weighted by atomic mass is 9.87. The van der Waals surface area contributed by atoms with Gasteiger partial charge in [0, 0.05) is 31.0 Å². The van der Waals surface area contributed by atoms with Crippen molar-refractivity contribution in [3.63, 3.8) is 0 Å². The topological polar surface area (TPSA) is 43.8 Å². The molecule has 1 atom stereocenters. The van der Waals surface area contributed by atoms with Gasteiger partial charge < -0.3 is 14.2 Å². The average Bonchev–Trinajstić information content (AvgIpc) is 2.78. The van der Waals surface area contributed by atoms with E-state index in [4.69, 9.17) is 14.2 Å². The van der Waals surface area contributed by atoms with Gasteiger partial charge in [-0.1, -0.05) is 17.7 Å². The summed E-state index contributed by atoms with van der Waals surface area (Å²) in [4.78, 5) is 6.72. The molecule has 164 valence electrons. The molecule has 0 bridgehead atoms. The first-order valence-corrected chi connectivity index (χ1v) is 10.2. The summed E-state index contributed by atoms with van der Waals surface area (Å²) in [7, 11) is 5.10. The second-order valence-corrected chi connectivity index (χ2v) is 7.62. The van der Waals surface area contributed by atoms with Gasteiger partial charge in [-0.15, -0.1) is 12.4 Å². The minimum absolute atomic E-state index is 0. The summed E-state index contributed by atoms with van der Waals surface area (Å²) in [5.41, 5.74) is 6.18. The van der Waals surface area contributed by atoms with Gasteiger partial charge in [0.15, 0.2) is 11.5 Å². The van der Waals surface area contributed by atoms with Crippen LogP contribution in [0.5, 0.6) is 17.2 Å². The minimum atomic E-state index is 0. The second kappa shape index (κ2) is 10.0. The molecule has 0 fully saturated rings. The minimum Gasteiger partial charge on any atom is -0.496 e. The Hall–Kier alpha value is -2.76. The standard InChI is InChI=1S/C25H28N2O3.ClH/c1-17-5-6-22(28-2)20(13-17)16-27-12-9-19-14-23(29-3)24(30-4)15-21(19)25(27)18-7-10-26-11-8-18;/h5-8,10-11,13-15,25H,9,12,16H2,1-4H3;1H. The molecular weight excluding hydrogens is 412 g/mol. The summed E-state index contributed by atoms with van der Waals surface area (Å²) in [6, 6.07) is 14.9. The van der Waals surface area contributed by atoms with Crippen molar-refractivity contribution in [1.29, 1.82) is 0 Å². The first-order valence-electron chi connectivity index (χ1n) is 10.2. The van der Waals surface area contributed by atoms with Crippen LogP contribution >= 0.6 is 12.4 Å². The quantitative estimate of drug-likeness (QED) is 0.540. The van der Waals surface area contributed by atoms with Crippen LogP contribution in [-0.4, -0.2) is 37.8 Å². The molecule has 0 radical (unpaired) electrons. The van der Waals surface area contributed by atoms with E-state index in [1.807, 2.05) is 12.4 Å². The molecular formula is C25H29ClN2O3. The predicted molar refractivity (Wildman–Crippen MR) is 125 cm³/mol. The number of hydrogen-bond acceptors (Lipinski definition) is 5. The Balaban J connectivity index is 0.00000272. The number of nitrogens with zero attached hydrogens (tertiary/aromatic N) is 2. The third-order valence-electron chi connectivity index (χ3n) is 5.80. The third-order valence-corrected chi connectivity index (χ3v) is 5.80. The average molecular weight is 441 g/mol. The van der Waals surface area contributed by atoms with Crippen molar-refractivity contribution in [3.8, 4) is 17.2 Å². The van der Waals surface area contributed by atoms with E-state index in [2.05, 4.69) is 59.3 Å². The maximum Gasteiger partial charge on any atom is 0.161 e. The zero-order valence-corrected chi connectivity index (χ0v) is 19.2. The molecule has 2 aromatic carbocycles. The van der Waals surface area contributed by atoms with E-state index < -0.39 is 0 Å². The van der Waals surface area contributed by atoms with Gasteiger partial charge in [-0.25, -0.2) is 0 Å². The summed E-state index contributed by atoms with van der Waals surface area (Å²) in [6.45, 7) is 3.85. The molecule has 0 spiro atoms. The molecule has 2 heterocycles. The van der Waals surface area contributed by atoms with Gasteiger partial charge in [-0.3, -0.25) is 9.88 Å². The number of aryl methyl sites for hydroxylation is 1. The van der Waals surface area contributed by atoms with Gasteiger partial charge in [0.2, 0.25) is 0 Å². The number of methoxy groups -OCH3 is 3. The fraction of sp³-hybridized carbons (Fsp3) is 0.320. The van der Waals surface area contributed by atoms with Crippen LogP contribution in [0.2, 0.25) is 0 Å². The van der Waals surface area contributed by atoms with E-state index in [1.165, 1.54) is 27.8 Å². The maximum absolute atomic E-state index is 5.65. The van der Waals surface area contributed by atoms with Crippen LogP contribution in [0, 0.1) is 6.92 Å². The molecule has 1 aliphatic heterocycles. The molecule has 5 nitrogen and oxygen atoms in total. The van der Waals surface area contributed by atoms with Crippen LogP contribution in [0.4, 0.5) is 0 Å². The fourth-order valence-electron chi connectivity index (χ4n) is 4.35. The van der Waals surface area contributed by atoms with Crippen LogP contribution in [0.15, 0.2) is 54.9 Å². The Morgan fingerprint density at radius 2 is 1.58 bits per heavy atom. The van der Waals surface area contributed by atoms with Crippen LogP contribution < -0.4 is 14.2 Å². The zero-order valence-electron chi connectivity index (χ0n) is 18.4. The summed E-state index contributed by atoms with van der Waals surface area (Å²) >= 11 is 0. The number of aromatic nitrogens is 1. The van der Waals surface area contributed by atoms with Gasteiger partial charge >= 0.3 is 0 Å². The van der Waals surface area contributed by atoms with Crippen molar-refractivity contribution < 1.29 is 14.2 Å². The molecule has 6 heteroatoms. The van der Waals surface area contributed by atoms with Gasteiger partial charge in [-0.2, -0.15) is 0 Å². The molecule has 0 aliphatic carbocycles. The smallest absolute Gasteiger partial charge is 0.161 e. The molecule has 1 aromatic heterocycles. The molecule has 31 heavy (non-hydrogen) atoms. The molecule has 0 saturated heterocycles. The first-order chi connectivity index (χ1) is 14.6. The van der Waals surface area contributed by atoms with Crippen LogP contribution in [-0.2, 0) is 13.0 Å². The van der Waals surface area contributed by atoms with E-state index in [0.29, 0.717) is 0 Å². The lowest BCUT2D eigenvalue weighted by molar-refractivity contribution is 0.201. The summed E-state index contributed by atoms with van der Waals surface area (Å²) in [6.07, 6.45) is 4.66. The van der Waals surface area contributed by atoms with Crippen molar-refractivity contribution in [2.75, 3.05) is 27.9 Å². The molecule has 0 amide bonds. The van der Waals surface area contributed by atoms with Crippen LogP contribution in [0.1, 0.15) is 33.9 Å². The number of halogens is 1. The Bertz CT molecular complexity index is 1030. The normalized spacial score (nSPS) is 15.5. The van der Waals surface area contributed by atoms with Gasteiger partial charge in [0.25, 0.3) is 0 Å². The number of hydrogen-bond donors (Lipinski definition) is 0. The lowest BCUT2D eigenvalue weighted by Gasteiger charge is -2.38. The fourth-order valence-corrected chi connectivity index (χ4v) is 4.35. The molecule has 3 aromatic rings. The van der Waals surface area contributed by atoms with Crippen molar-refractivity contribution >= 4 is 12.4 Å². The van der Waals surface area contributed by atoms with Crippen LogP contribution in [0.25, 0.3) is 0 Å². The molecule has 1 aliphatic rings. The summed E-state index contributed by atoms with van der Waals surface area (Å²) in [5.74, 6) is 2.45. The van der Waals surface area contributed by atoms with Crippen LogP contribution in [0.3, 0.4) is 0 Å². The van der Waals surface area contributed by atoms with E-state index in [1.54, 1.807) is 21.3 Å². The van der Waals surface area contributed by atoms with Crippen molar-refractivity contribution in [1.82, 2.24) is 9.88 Å². The Labute approximate surface area is 190 Å². The Morgan fingerprint density at radius 1 is 0.903 bits per heavy atom. The molecule has 0 saturated carbocycles. The highest BCUT2D eigenvalue weighted by Crippen LogP contribution is 2.41. The van der Waals surface area contributed by atoms with E-state index >= 15 is 0 Å². The highest BCUT2D eigenvalue weighted by Gasteiger charge is 2.31. The largest absolute Gasteiger partial charge is 0.496 e. The van der Waals surface area contributed by atoms with Gasteiger partial charge in [0.1, 0.15) is 5.75 Å². The second-order valence-electron chi connectivity index (χ2n) is 7.62. The van der Waals surface area contributed by atoms with Crippen molar-refractivity contribution in [2.45, 2.75) is 25.9 Å². The summed E-state index contributed by atoms with van der Waals surface area (Å²) < 4.78 is 16.8. The van der Waals surface area contributed by atoms with E-state index in [9.17, 15) is 0 Å². The predicted octanol–water partition coefficient (Wildman–Crippen LogP) is 4.99. The number of benzene rings is 2. The molecule has 1 unspecified atom stereocenters. The zero-order chi connectivity index (χ0) is 21.1. The first kappa shape index (κ1) is 22.9. The highest BCUT2D eigenvalue weighted by molar-refractivity contribution is 5.85. The monoisotopic (exact) mass is 440 g/mol. The number of fused-ring (bicyclic) bond motifs is 1. The third kappa shape index (κ3) is 4.63. The number of rotatable bonds is 6. The Kier molecular flexibility index (Phi) is 7.42.